The van der Waals surface area contributed by atoms with Gasteiger partial charge < -0.3 is 5.32 Å². The summed E-state index contributed by atoms with van der Waals surface area (Å²) >= 11 is 0. The van der Waals surface area contributed by atoms with Gasteiger partial charge in [-0.05, 0) is 37.6 Å². The van der Waals surface area contributed by atoms with Crippen molar-refractivity contribution >= 4 is 17.5 Å². The van der Waals surface area contributed by atoms with Crippen LogP contribution in [0.25, 0.3) is 5.69 Å². The van der Waals surface area contributed by atoms with E-state index in [4.69, 9.17) is 0 Å². The summed E-state index contributed by atoms with van der Waals surface area (Å²) < 4.78 is 42.3. The lowest BCUT2D eigenvalue weighted by Crippen LogP contribution is -2.37. The van der Waals surface area contributed by atoms with Gasteiger partial charge in [0.25, 0.3) is 5.91 Å². The zero-order valence-electron chi connectivity index (χ0n) is 16.2. The third kappa shape index (κ3) is 4.47. The second-order valence-electron chi connectivity index (χ2n) is 6.82. The largest absolute Gasteiger partial charge is 0.416 e. The molecule has 29 heavy (non-hydrogen) atoms. The Balaban J connectivity index is 1.84. The highest BCUT2D eigenvalue weighted by atomic mass is 19.4. The van der Waals surface area contributed by atoms with Crippen molar-refractivity contribution in [2.75, 3.05) is 7.05 Å². The van der Waals surface area contributed by atoms with Crippen LogP contribution in [-0.4, -0.2) is 39.4 Å². The molecule has 0 bridgehead atoms. The lowest BCUT2D eigenvalue weighted by Gasteiger charge is -2.19. The van der Waals surface area contributed by atoms with Crippen LogP contribution in [0.1, 0.15) is 35.4 Å². The van der Waals surface area contributed by atoms with E-state index in [2.05, 4.69) is 15.5 Å². The van der Waals surface area contributed by atoms with Crippen molar-refractivity contribution in [1.82, 2.24) is 20.1 Å². The second-order valence-corrected chi connectivity index (χ2v) is 6.82. The lowest BCUT2D eigenvalue weighted by molar-refractivity contribution is -0.138. The number of nitrogens with one attached hydrogen (secondary N) is 1. The second kappa shape index (κ2) is 7.69. The molecule has 0 atom stereocenters. The Morgan fingerprint density at radius 2 is 1.93 bits per heavy atom. The van der Waals surface area contributed by atoms with Gasteiger partial charge in [0.1, 0.15) is 5.71 Å². The average molecular weight is 407 g/mol. The highest BCUT2D eigenvalue weighted by Crippen LogP contribution is 2.33. The molecule has 1 aromatic heterocycles. The topological polar surface area (TPSA) is 79.6 Å². The van der Waals surface area contributed by atoms with Crippen LogP contribution in [0.15, 0.2) is 29.4 Å². The Morgan fingerprint density at radius 3 is 2.52 bits per heavy atom. The highest BCUT2D eigenvalue weighted by Gasteiger charge is 2.34. The van der Waals surface area contributed by atoms with E-state index in [-0.39, 0.29) is 42.3 Å². The minimum Gasteiger partial charge on any atom is -0.347 e. The Hall–Kier alpha value is -3.17. The van der Waals surface area contributed by atoms with E-state index in [1.54, 1.807) is 19.9 Å². The first-order valence-corrected chi connectivity index (χ1v) is 8.92. The number of aryl methyl sites for hydroxylation is 2. The van der Waals surface area contributed by atoms with Crippen LogP contribution in [0.4, 0.5) is 13.2 Å². The lowest BCUT2D eigenvalue weighted by atomic mass is 10.1. The van der Waals surface area contributed by atoms with Crippen LogP contribution in [0.5, 0.6) is 0 Å². The van der Waals surface area contributed by atoms with Gasteiger partial charge in [0.15, 0.2) is 0 Å². The first-order chi connectivity index (χ1) is 13.6. The minimum absolute atomic E-state index is 0.0722. The Morgan fingerprint density at radius 1 is 1.21 bits per heavy atom. The first kappa shape index (κ1) is 20.6. The molecule has 2 heterocycles. The van der Waals surface area contributed by atoms with Crippen molar-refractivity contribution in [2.24, 2.45) is 5.10 Å². The van der Waals surface area contributed by atoms with Crippen LogP contribution in [-0.2, 0) is 22.3 Å². The van der Waals surface area contributed by atoms with Gasteiger partial charge in [-0.1, -0.05) is 6.07 Å². The molecule has 1 aliphatic heterocycles. The van der Waals surface area contributed by atoms with Gasteiger partial charge in [-0.25, -0.2) is 9.69 Å². The molecule has 0 fully saturated rings. The van der Waals surface area contributed by atoms with Crippen molar-refractivity contribution in [1.29, 1.82) is 0 Å². The van der Waals surface area contributed by atoms with Crippen LogP contribution >= 0.6 is 0 Å². The number of hydrogen-bond donors (Lipinski definition) is 1. The van der Waals surface area contributed by atoms with Crippen LogP contribution in [0.2, 0.25) is 0 Å². The van der Waals surface area contributed by atoms with Gasteiger partial charge >= 0.3 is 6.18 Å². The smallest absolute Gasteiger partial charge is 0.347 e. The minimum atomic E-state index is -4.60. The summed E-state index contributed by atoms with van der Waals surface area (Å²) in [6.45, 7) is 3.20. The van der Waals surface area contributed by atoms with Crippen molar-refractivity contribution in [2.45, 2.75) is 39.4 Å². The zero-order chi connectivity index (χ0) is 21.3. The highest BCUT2D eigenvalue weighted by molar-refractivity contribution is 6.39. The predicted molar refractivity (Wildman–Crippen MR) is 99.3 cm³/mol. The molecule has 1 N–H and O–H groups in total. The number of hydrazone groups is 1. The SMILES string of the molecule is Cc1cc(C)n(-c2ccc(CNC(=O)C3=NN(C)C(=O)CC3)c(C(F)(F)F)c2)n1. The molecule has 2 amide bonds. The third-order valence-electron chi connectivity index (χ3n) is 4.56. The molecule has 0 spiro atoms. The molecular formula is C19H20F3N5O2. The average Bonchev–Trinajstić information content (AvgIpc) is 2.99. The number of carbonyl (C=O) groups is 2. The van der Waals surface area contributed by atoms with Gasteiger partial charge in [-0.15, -0.1) is 0 Å². The number of rotatable bonds is 4. The summed E-state index contributed by atoms with van der Waals surface area (Å²) in [6, 6.07) is 5.65. The van der Waals surface area contributed by atoms with Crippen LogP contribution < -0.4 is 5.32 Å². The van der Waals surface area contributed by atoms with E-state index >= 15 is 0 Å². The van der Waals surface area contributed by atoms with E-state index < -0.39 is 17.6 Å². The van der Waals surface area contributed by atoms with Gasteiger partial charge in [0, 0.05) is 32.1 Å². The van der Waals surface area contributed by atoms with Crippen molar-refractivity contribution in [3.05, 3.63) is 46.8 Å². The number of benzene rings is 1. The third-order valence-corrected chi connectivity index (χ3v) is 4.56. The zero-order valence-corrected chi connectivity index (χ0v) is 16.2. The number of aromatic nitrogens is 2. The molecular weight excluding hydrogens is 387 g/mol. The standard InChI is InChI=1S/C19H20F3N5O2/c1-11-8-12(2)27(24-11)14-5-4-13(15(9-14)19(20,21)22)10-23-18(29)16-6-7-17(28)26(3)25-16/h4-5,8-9H,6-7,10H2,1-3H3,(H,23,29). The summed E-state index contributed by atoms with van der Waals surface area (Å²) in [5.74, 6) is -0.819. The van der Waals surface area contributed by atoms with E-state index in [1.807, 2.05) is 0 Å². The fraction of sp³-hybridized carbons (Fsp3) is 0.368. The molecule has 154 valence electrons. The Bertz CT molecular complexity index is 994. The molecule has 7 nitrogen and oxygen atoms in total. The van der Waals surface area contributed by atoms with Gasteiger partial charge in [-0.3, -0.25) is 9.59 Å². The van der Waals surface area contributed by atoms with Crippen LogP contribution in [0.3, 0.4) is 0 Å². The summed E-state index contributed by atoms with van der Waals surface area (Å²) in [6.07, 6.45) is -4.31. The number of nitrogens with zero attached hydrogens (tertiary/aromatic N) is 4. The van der Waals surface area contributed by atoms with Gasteiger partial charge in [-0.2, -0.15) is 23.4 Å². The van der Waals surface area contributed by atoms with E-state index in [0.717, 1.165) is 11.1 Å². The Kier molecular flexibility index (Phi) is 5.45. The maximum atomic E-state index is 13.6. The summed E-state index contributed by atoms with van der Waals surface area (Å²) in [7, 11) is 1.42. The number of carbonyl (C=O) groups excluding carboxylic acids is 2. The summed E-state index contributed by atoms with van der Waals surface area (Å²) in [5, 5.41) is 11.6. The first-order valence-electron chi connectivity index (χ1n) is 8.92. The molecule has 10 heteroatoms. The van der Waals surface area contributed by atoms with Crippen molar-refractivity contribution in [3.8, 4) is 5.69 Å². The maximum Gasteiger partial charge on any atom is 0.416 e. The predicted octanol–water partition coefficient (Wildman–Crippen LogP) is 2.73. The number of hydrogen-bond acceptors (Lipinski definition) is 4. The number of amides is 2. The fourth-order valence-corrected chi connectivity index (χ4v) is 3.11. The summed E-state index contributed by atoms with van der Waals surface area (Å²) in [4.78, 5) is 23.7. The fourth-order valence-electron chi connectivity index (χ4n) is 3.11. The normalized spacial score (nSPS) is 14.8. The molecule has 0 radical (unpaired) electrons. The molecule has 0 saturated heterocycles. The van der Waals surface area contributed by atoms with Crippen molar-refractivity contribution < 1.29 is 22.8 Å². The van der Waals surface area contributed by atoms with E-state index in [9.17, 15) is 22.8 Å². The van der Waals surface area contributed by atoms with E-state index in [1.165, 1.54) is 23.9 Å². The summed E-state index contributed by atoms with van der Waals surface area (Å²) in [5.41, 5.74) is 0.891. The van der Waals surface area contributed by atoms with Gasteiger partial charge in [0.2, 0.25) is 5.91 Å². The molecule has 0 saturated carbocycles. The monoisotopic (exact) mass is 407 g/mol. The quantitative estimate of drug-likeness (QED) is 0.847. The molecule has 0 aliphatic carbocycles. The number of halogens is 3. The molecule has 3 rings (SSSR count). The maximum absolute atomic E-state index is 13.6. The number of alkyl halides is 3. The van der Waals surface area contributed by atoms with Gasteiger partial charge in [0.05, 0.1) is 16.9 Å². The Labute approximate surface area is 165 Å². The molecule has 1 aromatic carbocycles. The molecule has 2 aromatic rings. The molecule has 1 aliphatic rings. The van der Waals surface area contributed by atoms with Crippen molar-refractivity contribution in [3.63, 3.8) is 0 Å². The molecule has 0 unspecified atom stereocenters. The van der Waals surface area contributed by atoms with Crippen LogP contribution in [0, 0.1) is 13.8 Å². The van der Waals surface area contributed by atoms with E-state index in [0.29, 0.717) is 11.4 Å².